The fourth-order valence-electron chi connectivity index (χ4n) is 4.70. The second-order valence-electron chi connectivity index (χ2n) is 8.96. The zero-order valence-electron chi connectivity index (χ0n) is 19.9. The second-order valence-corrected chi connectivity index (χ2v) is 9.81. The standard InChI is InChI=1S/C25H27BrF3N5O/c1-13-18(6-5-7-20(13)25(27,28)29)14(2)30-24-19-10-23(21(26)11-22(19)31-15(3)32-24)34-9-8-17(12-34)33-16(4)35/h5-7,10-11,14,17H,8-9,12H2,1-4H3,(H,33,35)(H,30,31,32)/t14-,17-/m1/s1. The van der Waals surface area contributed by atoms with Gasteiger partial charge in [0.15, 0.2) is 0 Å². The monoisotopic (exact) mass is 549 g/mol. The molecule has 1 aromatic heterocycles. The minimum atomic E-state index is -4.41. The van der Waals surface area contributed by atoms with Gasteiger partial charge in [0.25, 0.3) is 0 Å². The maximum atomic E-state index is 13.4. The summed E-state index contributed by atoms with van der Waals surface area (Å²) < 4.78 is 41.2. The van der Waals surface area contributed by atoms with Crippen LogP contribution in [0.2, 0.25) is 0 Å². The van der Waals surface area contributed by atoms with Gasteiger partial charge < -0.3 is 15.5 Å². The molecule has 4 rings (SSSR count). The SMILES string of the molecule is CC(=O)N[C@@H]1CCN(c2cc3c(N[C@H](C)c4cccc(C(F)(F)F)c4C)nc(C)nc3cc2Br)C1. The molecule has 0 aliphatic carbocycles. The van der Waals surface area contributed by atoms with Gasteiger partial charge in [-0.15, -0.1) is 0 Å². The Hall–Kier alpha value is -2.88. The van der Waals surface area contributed by atoms with Crippen LogP contribution >= 0.6 is 15.9 Å². The van der Waals surface area contributed by atoms with Gasteiger partial charge in [-0.1, -0.05) is 12.1 Å². The number of hydrogen-bond acceptors (Lipinski definition) is 5. The number of carbonyl (C=O) groups is 1. The average molecular weight is 550 g/mol. The highest BCUT2D eigenvalue weighted by Crippen LogP contribution is 2.38. The van der Waals surface area contributed by atoms with Crippen LogP contribution in [0.3, 0.4) is 0 Å². The fraction of sp³-hybridized carbons (Fsp3) is 0.400. The van der Waals surface area contributed by atoms with E-state index in [2.05, 4.69) is 41.4 Å². The van der Waals surface area contributed by atoms with Crippen molar-refractivity contribution in [2.75, 3.05) is 23.3 Å². The van der Waals surface area contributed by atoms with Crippen molar-refractivity contribution < 1.29 is 18.0 Å². The van der Waals surface area contributed by atoms with E-state index < -0.39 is 17.8 Å². The quantitative estimate of drug-likeness (QED) is 0.413. The number of nitrogens with one attached hydrogen (secondary N) is 2. The molecule has 1 fully saturated rings. The highest BCUT2D eigenvalue weighted by Gasteiger charge is 2.33. The van der Waals surface area contributed by atoms with Crippen LogP contribution in [0.15, 0.2) is 34.8 Å². The zero-order chi connectivity index (χ0) is 25.5. The van der Waals surface area contributed by atoms with E-state index in [0.717, 1.165) is 40.1 Å². The minimum absolute atomic E-state index is 0.0522. The maximum Gasteiger partial charge on any atom is 0.416 e. The first-order chi connectivity index (χ1) is 16.4. The lowest BCUT2D eigenvalue weighted by molar-refractivity contribution is -0.138. The number of carbonyl (C=O) groups excluding carboxylic acids is 1. The number of aryl methyl sites for hydroxylation is 1. The number of anilines is 2. The third-order valence-corrected chi connectivity index (χ3v) is 6.95. The van der Waals surface area contributed by atoms with Gasteiger partial charge in [-0.05, 0) is 72.4 Å². The van der Waals surface area contributed by atoms with Gasteiger partial charge in [0, 0.05) is 35.9 Å². The van der Waals surface area contributed by atoms with Gasteiger partial charge in [0.05, 0.1) is 22.8 Å². The predicted molar refractivity (Wildman–Crippen MR) is 135 cm³/mol. The van der Waals surface area contributed by atoms with Crippen LogP contribution in [0.5, 0.6) is 0 Å². The normalized spacial score (nSPS) is 17.0. The minimum Gasteiger partial charge on any atom is -0.368 e. The molecule has 6 nitrogen and oxygen atoms in total. The third-order valence-electron chi connectivity index (χ3n) is 6.31. The molecule has 186 valence electrons. The van der Waals surface area contributed by atoms with Crippen molar-refractivity contribution in [1.29, 1.82) is 0 Å². The van der Waals surface area contributed by atoms with Gasteiger partial charge in [-0.3, -0.25) is 4.79 Å². The van der Waals surface area contributed by atoms with Gasteiger partial charge >= 0.3 is 6.18 Å². The first-order valence-electron chi connectivity index (χ1n) is 11.4. The van der Waals surface area contributed by atoms with Crippen molar-refractivity contribution >= 4 is 44.2 Å². The molecule has 0 radical (unpaired) electrons. The smallest absolute Gasteiger partial charge is 0.368 e. The number of benzene rings is 2. The molecule has 0 saturated carbocycles. The van der Waals surface area contributed by atoms with E-state index in [1.807, 2.05) is 19.1 Å². The van der Waals surface area contributed by atoms with Crippen LogP contribution in [-0.4, -0.2) is 35.0 Å². The summed E-state index contributed by atoms with van der Waals surface area (Å²) in [6.07, 6.45) is -3.57. The van der Waals surface area contributed by atoms with E-state index in [9.17, 15) is 18.0 Å². The van der Waals surface area contributed by atoms with Crippen molar-refractivity contribution in [3.05, 3.63) is 57.3 Å². The Morgan fingerprint density at radius 3 is 2.66 bits per heavy atom. The summed E-state index contributed by atoms with van der Waals surface area (Å²) >= 11 is 3.65. The van der Waals surface area contributed by atoms with Crippen molar-refractivity contribution in [2.24, 2.45) is 0 Å². The van der Waals surface area contributed by atoms with Crippen LogP contribution in [0.25, 0.3) is 10.9 Å². The first kappa shape index (κ1) is 25.2. The lowest BCUT2D eigenvalue weighted by Crippen LogP contribution is -2.35. The molecular weight excluding hydrogens is 523 g/mol. The molecule has 1 aliphatic rings. The fourth-order valence-corrected chi connectivity index (χ4v) is 5.29. The van der Waals surface area contributed by atoms with Crippen LogP contribution in [-0.2, 0) is 11.0 Å². The van der Waals surface area contributed by atoms with Gasteiger partial charge in [0.2, 0.25) is 5.91 Å². The summed E-state index contributed by atoms with van der Waals surface area (Å²) in [6.45, 7) is 8.08. The van der Waals surface area contributed by atoms with Gasteiger partial charge in [-0.25, -0.2) is 9.97 Å². The number of halogens is 4. The summed E-state index contributed by atoms with van der Waals surface area (Å²) in [4.78, 5) is 22.8. The average Bonchev–Trinajstić information content (AvgIpc) is 3.19. The molecule has 2 aromatic carbocycles. The van der Waals surface area contributed by atoms with E-state index in [1.54, 1.807) is 13.0 Å². The second kappa shape index (κ2) is 9.64. The Balaban J connectivity index is 1.69. The van der Waals surface area contributed by atoms with Crippen molar-refractivity contribution in [3.8, 4) is 0 Å². The highest BCUT2D eigenvalue weighted by molar-refractivity contribution is 9.10. The number of amides is 1. The van der Waals surface area contributed by atoms with Crippen molar-refractivity contribution in [1.82, 2.24) is 15.3 Å². The zero-order valence-corrected chi connectivity index (χ0v) is 21.5. The van der Waals surface area contributed by atoms with E-state index in [0.29, 0.717) is 23.8 Å². The molecule has 0 spiro atoms. The number of rotatable bonds is 5. The molecule has 2 heterocycles. The summed E-state index contributed by atoms with van der Waals surface area (Å²) in [7, 11) is 0. The summed E-state index contributed by atoms with van der Waals surface area (Å²) in [5.74, 6) is 1.06. The number of fused-ring (bicyclic) bond motifs is 1. The van der Waals surface area contributed by atoms with Crippen LogP contribution < -0.4 is 15.5 Å². The Bertz CT molecular complexity index is 1280. The molecule has 35 heavy (non-hydrogen) atoms. The summed E-state index contributed by atoms with van der Waals surface area (Å²) in [5, 5.41) is 7.06. The third kappa shape index (κ3) is 5.37. The molecular formula is C25H27BrF3N5O. The van der Waals surface area contributed by atoms with Crippen molar-refractivity contribution in [2.45, 2.75) is 52.4 Å². The predicted octanol–water partition coefficient (Wildman–Crippen LogP) is 5.92. The summed E-state index contributed by atoms with van der Waals surface area (Å²) in [6, 6.07) is 7.81. The van der Waals surface area contributed by atoms with E-state index >= 15 is 0 Å². The van der Waals surface area contributed by atoms with Gasteiger partial charge in [0.1, 0.15) is 11.6 Å². The van der Waals surface area contributed by atoms with E-state index in [4.69, 9.17) is 0 Å². The molecule has 1 aliphatic heterocycles. The number of hydrogen-bond donors (Lipinski definition) is 2. The molecule has 3 aromatic rings. The Kier molecular flexibility index (Phi) is 6.95. The maximum absolute atomic E-state index is 13.4. The van der Waals surface area contributed by atoms with E-state index in [1.165, 1.54) is 19.9 Å². The van der Waals surface area contributed by atoms with Crippen LogP contribution in [0, 0.1) is 13.8 Å². The Labute approximate surface area is 210 Å². The van der Waals surface area contributed by atoms with Gasteiger partial charge in [-0.2, -0.15) is 13.2 Å². The molecule has 10 heteroatoms. The topological polar surface area (TPSA) is 70.2 Å². The van der Waals surface area contributed by atoms with Crippen LogP contribution in [0.4, 0.5) is 24.7 Å². The van der Waals surface area contributed by atoms with E-state index in [-0.39, 0.29) is 17.5 Å². The first-order valence-corrected chi connectivity index (χ1v) is 12.2. The molecule has 0 unspecified atom stereocenters. The summed E-state index contributed by atoms with van der Waals surface area (Å²) in [5.41, 5.74) is 1.78. The Morgan fingerprint density at radius 1 is 1.23 bits per heavy atom. The van der Waals surface area contributed by atoms with Crippen LogP contribution in [0.1, 0.15) is 48.8 Å². The Morgan fingerprint density at radius 2 is 1.97 bits per heavy atom. The molecule has 2 N–H and O–H groups in total. The largest absolute Gasteiger partial charge is 0.416 e. The number of nitrogens with zero attached hydrogens (tertiary/aromatic N) is 3. The molecule has 1 saturated heterocycles. The molecule has 0 bridgehead atoms. The molecule has 2 atom stereocenters. The highest BCUT2D eigenvalue weighted by atomic mass is 79.9. The number of aromatic nitrogens is 2. The lowest BCUT2D eigenvalue weighted by Gasteiger charge is -2.23. The number of alkyl halides is 3. The van der Waals surface area contributed by atoms with Crippen molar-refractivity contribution in [3.63, 3.8) is 0 Å². The molecule has 1 amide bonds. The lowest BCUT2D eigenvalue weighted by atomic mass is 9.97.